The SMILES string of the molecule is O=C(/C=C/c1ccccc1OC(=O)c1ccccc1)Oc1ccccc1/C=N/NC(=O)c1ccc(NC(=O)c2ccco2)cc1. The lowest BCUT2D eigenvalue weighted by Crippen LogP contribution is -2.18. The largest absolute Gasteiger partial charge is 0.459 e. The van der Waals surface area contributed by atoms with Crippen LogP contribution in [-0.2, 0) is 4.79 Å². The first kappa shape index (κ1) is 29.9. The van der Waals surface area contributed by atoms with E-state index < -0.39 is 23.8 Å². The first-order valence-corrected chi connectivity index (χ1v) is 13.6. The molecular weight excluding hydrogens is 574 g/mol. The maximum Gasteiger partial charge on any atom is 0.343 e. The summed E-state index contributed by atoms with van der Waals surface area (Å²) in [7, 11) is 0. The number of esters is 2. The standard InChI is InChI=1S/C35H25N3O7/c39-32(21-18-24-9-4-6-13-29(24)45-35(42)26-10-2-1-3-11-26)44-30-14-7-5-12-27(30)23-36-38-33(40)25-16-19-28(20-17-25)37-34(41)31-15-8-22-43-31/h1-23H,(H,37,41)(H,38,40)/b21-18+,36-23+. The van der Waals surface area contributed by atoms with Crippen LogP contribution in [0, 0.1) is 0 Å². The average Bonchev–Trinajstić information content (AvgIpc) is 3.61. The van der Waals surface area contributed by atoms with Gasteiger partial charge in [0.2, 0.25) is 0 Å². The van der Waals surface area contributed by atoms with Gasteiger partial charge in [-0.05, 0) is 72.8 Å². The molecule has 222 valence electrons. The highest BCUT2D eigenvalue weighted by Gasteiger charge is 2.12. The molecule has 1 aromatic heterocycles. The predicted octanol–water partition coefficient (Wildman–Crippen LogP) is 6.13. The van der Waals surface area contributed by atoms with Crippen LogP contribution in [0.5, 0.6) is 11.5 Å². The molecule has 45 heavy (non-hydrogen) atoms. The number of nitrogens with zero attached hydrogens (tertiary/aromatic N) is 1. The number of rotatable bonds is 10. The van der Waals surface area contributed by atoms with Gasteiger partial charge in [0.05, 0.1) is 18.0 Å². The third-order valence-electron chi connectivity index (χ3n) is 6.18. The molecule has 0 saturated carbocycles. The van der Waals surface area contributed by atoms with Crippen molar-refractivity contribution in [2.24, 2.45) is 5.10 Å². The van der Waals surface area contributed by atoms with Gasteiger partial charge in [-0.3, -0.25) is 9.59 Å². The molecule has 0 radical (unpaired) electrons. The van der Waals surface area contributed by atoms with Crippen LogP contribution in [-0.4, -0.2) is 30.0 Å². The summed E-state index contributed by atoms with van der Waals surface area (Å²) >= 11 is 0. The Morgan fingerprint density at radius 1 is 0.644 bits per heavy atom. The fourth-order valence-corrected chi connectivity index (χ4v) is 3.95. The second kappa shape index (κ2) is 14.6. The molecule has 0 aliphatic rings. The summed E-state index contributed by atoms with van der Waals surface area (Å²) in [6.45, 7) is 0. The monoisotopic (exact) mass is 599 g/mol. The highest BCUT2D eigenvalue weighted by molar-refractivity contribution is 6.02. The topological polar surface area (TPSA) is 136 Å². The van der Waals surface area contributed by atoms with E-state index in [0.717, 1.165) is 0 Å². The number of ether oxygens (including phenoxy) is 2. The second-order valence-electron chi connectivity index (χ2n) is 9.29. The fourth-order valence-electron chi connectivity index (χ4n) is 3.95. The molecule has 2 amide bonds. The zero-order chi connectivity index (χ0) is 31.4. The van der Waals surface area contributed by atoms with Crippen LogP contribution in [0.3, 0.4) is 0 Å². The van der Waals surface area contributed by atoms with E-state index in [0.29, 0.717) is 27.9 Å². The van der Waals surface area contributed by atoms with Crippen molar-refractivity contribution in [2.45, 2.75) is 0 Å². The van der Waals surface area contributed by atoms with Gasteiger partial charge >= 0.3 is 11.9 Å². The Bertz CT molecular complexity index is 1860. The first-order valence-electron chi connectivity index (χ1n) is 13.6. The minimum Gasteiger partial charge on any atom is -0.459 e. The van der Waals surface area contributed by atoms with Crippen molar-refractivity contribution >= 4 is 41.7 Å². The third-order valence-corrected chi connectivity index (χ3v) is 6.18. The van der Waals surface area contributed by atoms with E-state index in [-0.39, 0.29) is 17.3 Å². The molecule has 10 nitrogen and oxygen atoms in total. The quantitative estimate of drug-likeness (QED) is 0.0648. The molecule has 0 bridgehead atoms. The minimum absolute atomic E-state index is 0.167. The lowest BCUT2D eigenvalue weighted by Gasteiger charge is -2.08. The van der Waals surface area contributed by atoms with Gasteiger partial charge in [0.15, 0.2) is 5.76 Å². The van der Waals surface area contributed by atoms with E-state index in [9.17, 15) is 19.2 Å². The molecule has 0 saturated heterocycles. The zero-order valence-electron chi connectivity index (χ0n) is 23.6. The smallest absolute Gasteiger partial charge is 0.343 e. The van der Waals surface area contributed by atoms with E-state index in [2.05, 4.69) is 15.8 Å². The zero-order valence-corrected chi connectivity index (χ0v) is 23.6. The van der Waals surface area contributed by atoms with Crippen molar-refractivity contribution in [1.82, 2.24) is 5.43 Å². The van der Waals surface area contributed by atoms with Gasteiger partial charge in [-0.1, -0.05) is 48.5 Å². The molecule has 0 fully saturated rings. The highest BCUT2D eigenvalue weighted by atomic mass is 16.5. The van der Waals surface area contributed by atoms with Crippen molar-refractivity contribution in [2.75, 3.05) is 5.32 Å². The molecular formula is C35H25N3O7. The van der Waals surface area contributed by atoms with Gasteiger partial charge in [-0.25, -0.2) is 15.0 Å². The lowest BCUT2D eigenvalue weighted by atomic mass is 10.2. The van der Waals surface area contributed by atoms with Crippen molar-refractivity contribution in [3.8, 4) is 11.5 Å². The number of anilines is 1. The molecule has 5 aromatic rings. The van der Waals surface area contributed by atoms with E-state index in [1.165, 1.54) is 36.8 Å². The second-order valence-corrected chi connectivity index (χ2v) is 9.29. The van der Waals surface area contributed by atoms with Crippen LogP contribution in [0.1, 0.15) is 42.4 Å². The van der Waals surface area contributed by atoms with Gasteiger partial charge in [-0.2, -0.15) is 5.10 Å². The number of para-hydroxylation sites is 2. The number of hydrogen-bond donors (Lipinski definition) is 2. The summed E-state index contributed by atoms with van der Waals surface area (Å²) in [5, 5.41) is 6.66. The molecule has 0 unspecified atom stereocenters. The number of carbonyl (C=O) groups is 4. The summed E-state index contributed by atoms with van der Waals surface area (Å²) in [5.41, 5.74) is 4.56. The highest BCUT2D eigenvalue weighted by Crippen LogP contribution is 2.22. The summed E-state index contributed by atoms with van der Waals surface area (Å²) in [6.07, 6.45) is 5.45. The molecule has 0 atom stereocenters. The molecule has 0 aliphatic heterocycles. The van der Waals surface area contributed by atoms with Gasteiger partial charge in [0.25, 0.3) is 11.8 Å². The predicted molar refractivity (Wildman–Crippen MR) is 167 cm³/mol. The Morgan fingerprint density at radius 3 is 2.02 bits per heavy atom. The molecule has 10 heteroatoms. The van der Waals surface area contributed by atoms with Gasteiger partial charge < -0.3 is 19.2 Å². The van der Waals surface area contributed by atoms with Crippen LogP contribution in [0.25, 0.3) is 6.08 Å². The summed E-state index contributed by atoms with van der Waals surface area (Å²) in [6, 6.07) is 31.4. The Labute approximate surface area is 257 Å². The maximum atomic E-state index is 12.7. The molecule has 4 aromatic carbocycles. The normalized spacial score (nSPS) is 10.8. The number of nitrogens with one attached hydrogen (secondary N) is 2. The Kier molecular flexibility index (Phi) is 9.69. The Hall–Kier alpha value is -6.55. The summed E-state index contributed by atoms with van der Waals surface area (Å²) < 4.78 is 16.1. The summed E-state index contributed by atoms with van der Waals surface area (Å²) in [5.74, 6) is -1.43. The van der Waals surface area contributed by atoms with Crippen LogP contribution in [0.2, 0.25) is 0 Å². The number of furan rings is 1. The third kappa shape index (κ3) is 8.27. The van der Waals surface area contributed by atoms with Gasteiger partial charge in [-0.15, -0.1) is 0 Å². The Balaban J connectivity index is 1.17. The number of carbonyl (C=O) groups excluding carboxylic acids is 4. The fraction of sp³-hybridized carbons (Fsp3) is 0. The van der Waals surface area contributed by atoms with Crippen molar-refractivity contribution in [1.29, 1.82) is 0 Å². The van der Waals surface area contributed by atoms with E-state index in [1.54, 1.807) is 103 Å². The molecule has 1 heterocycles. The van der Waals surface area contributed by atoms with Crippen LogP contribution >= 0.6 is 0 Å². The maximum absolute atomic E-state index is 12.7. The number of benzene rings is 4. The van der Waals surface area contributed by atoms with Crippen LogP contribution < -0.4 is 20.2 Å². The molecule has 0 spiro atoms. The Morgan fingerprint density at radius 2 is 1.31 bits per heavy atom. The molecule has 5 rings (SSSR count). The van der Waals surface area contributed by atoms with Crippen LogP contribution in [0.15, 0.2) is 137 Å². The number of hydrogen-bond acceptors (Lipinski definition) is 8. The van der Waals surface area contributed by atoms with Crippen molar-refractivity contribution < 1.29 is 33.1 Å². The lowest BCUT2D eigenvalue weighted by molar-refractivity contribution is -0.128. The minimum atomic E-state index is -0.677. The van der Waals surface area contributed by atoms with Crippen LogP contribution in [0.4, 0.5) is 5.69 Å². The van der Waals surface area contributed by atoms with Crippen molar-refractivity contribution in [3.63, 3.8) is 0 Å². The number of hydrazone groups is 1. The van der Waals surface area contributed by atoms with Gasteiger partial charge in [0.1, 0.15) is 11.5 Å². The summed E-state index contributed by atoms with van der Waals surface area (Å²) in [4.78, 5) is 49.8. The van der Waals surface area contributed by atoms with E-state index in [4.69, 9.17) is 13.9 Å². The first-order chi connectivity index (χ1) is 22.0. The van der Waals surface area contributed by atoms with E-state index >= 15 is 0 Å². The molecule has 2 N–H and O–H groups in total. The molecule has 0 aliphatic carbocycles. The number of amides is 2. The van der Waals surface area contributed by atoms with Gasteiger partial charge in [0, 0.05) is 28.5 Å². The average molecular weight is 600 g/mol. The van der Waals surface area contributed by atoms with E-state index in [1.807, 2.05) is 0 Å². The van der Waals surface area contributed by atoms with Crippen molar-refractivity contribution in [3.05, 3.63) is 156 Å².